The highest BCUT2D eigenvalue weighted by molar-refractivity contribution is 5.71. The van der Waals surface area contributed by atoms with Crippen LogP contribution in [0.25, 0.3) is 11.1 Å². The number of pyridine rings is 1. The highest BCUT2D eigenvalue weighted by atomic mass is 19.1. The molecular weight excluding hydrogens is 233 g/mol. The Hall–Kier alpha value is -2.23. The second kappa shape index (κ2) is 4.96. The number of rotatable bonds is 3. The summed E-state index contributed by atoms with van der Waals surface area (Å²) in [6.45, 7) is 1.80. The molecule has 4 heteroatoms. The van der Waals surface area contributed by atoms with Crippen molar-refractivity contribution in [2.24, 2.45) is 0 Å². The lowest BCUT2D eigenvalue weighted by atomic mass is 10.0. The van der Waals surface area contributed by atoms with Gasteiger partial charge in [0.15, 0.2) is 0 Å². The van der Waals surface area contributed by atoms with Gasteiger partial charge in [-0.2, -0.15) is 0 Å². The van der Waals surface area contributed by atoms with Crippen LogP contribution in [0, 0.1) is 12.7 Å². The van der Waals surface area contributed by atoms with E-state index in [1.165, 1.54) is 12.1 Å². The summed E-state index contributed by atoms with van der Waals surface area (Å²) in [4.78, 5) is 14.8. The molecule has 92 valence electrons. The third kappa shape index (κ3) is 2.71. The van der Waals surface area contributed by atoms with Crippen molar-refractivity contribution in [2.45, 2.75) is 13.3 Å². The van der Waals surface area contributed by atoms with E-state index in [9.17, 15) is 9.18 Å². The van der Waals surface area contributed by atoms with E-state index in [0.717, 1.165) is 16.7 Å². The number of carbonyl (C=O) groups is 1. The molecule has 0 aliphatic rings. The van der Waals surface area contributed by atoms with E-state index in [1.807, 2.05) is 6.07 Å². The smallest absolute Gasteiger partial charge is 0.309 e. The summed E-state index contributed by atoms with van der Waals surface area (Å²) in [5.41, 5.74) is 2.83. The van der Waals surface area contributed by atoms with E-state index in [2.05, 4.69) is 4.98 Å². The number of nitrogens with zero attached hydrogens (tertiary/aromatic N) is 1. The molecule has 0 amide bonds. The Bertz CT molecular complexity index is 596. The van der Waals surface area contributed by atoms with Crippen molar-refractivity contribution in [1.82, 2.24) is 4.98 Å². The molecule has 2 rings (SSSR count). The average molecular weight is 245 g/mol. The van der Waals surface area contributed by atoms with Crippen molar-refractivity contribution in [3.8, 4) is 11.1 Å². The van der Waals surface area contributed by atoms with Crippen molar-refractivity contribution in [1.29, 1.82) is 0 Å². The summed E-state index contributed by atoms with van der Waals surface area (Å²) in [7, 11) is 0. The molecule has 1 aromatic heterocycles. The van der Waals surface area contributed by atoms with Crippen molar-refractivity contribution in [2.75, 3.05) is 0 Å². The van der Waals surface area contributed by atoms with Gasteiger partial charge in [0.25, 0.3) is 0 Å². The first-order valence-corrected chi connectivity index (χ1v) is 5.49. The van der Waals surface area contributed by atoms with E-state index in [4.69, 9.17) is 5.11 Å². The standard InChI is InChI=1S/C14H12FNO2/c1-9-5-11(8-16-13(9)7-14(17)18)10-3-2-4-12(15)6-10/h2-6,8H,7H2,1H3,(H,17,18). The molecule has 18 heavy (non-hydrogen) atoms. The van der Waals surface area contributed by atoms with Crippen LogP contribution < -0.4 is 0 Å². The molecule has 1 N–H and O–H groups in total. The molecule has 3 nitrogen and oxygen atoms in total. The number of hydrogen-bond donors (Lipinski definition) is 1. The molecule has 1 aromatic carbocycles. The average Bonchev–Trinajstić information content (AvgIpc) is 2.31. The summed E-state index contributed by atoms with van der Waals surface area (Å²) in [6, 6.07) is 8.04. The molecule has 1 heterocycles. The van der Waals surface area contributed by atoms with Crippen LogP contribution in [0.5, 0.6) is 0 Å². The molecule has 0 saturated carbocycles. The first-order valence-electron chi connectivity index (χ1n) is 5.49. The summed E-state index contributed by atoms with van der Waals surface area (Å²) >= 11 is 0. The van der Waals surface area contributed by atoms with Crippen LogP contribution in [-0.4, -0.2) is 16.1 Å². The number of hydrogen-bond acceptors (Lipinski definition) is 2. The van der Waals surface area contributed by atoms with Gasteiger partial charge in [-0.25, -0.2) is 4.39 Å². The van der Waals surface area contributed by atoms with E-state index < -0.39 is 5.97 Å². The fraction of sp³-hybridized carbons (Fsp3) is 0.143. The molecule has 0 bridgehead atoms. The van der Waals surface area contributed by atoms with Gasteiger partial charge in [-0.3, -0.25) is 9.78 Å². The van der Waals surface area contributed by atoms with Crippen LogP contribution in [0.2, 0.25) is 0 Å². The van der Waals surface area contributed by atoms with Gasteiger partial charge in [0.2, 0.25) is 0 Å². The van der Waals surface area contributed by atoms with Gasteiger partial charge in [0.1, 0.15) is 5.82 Å². The zero-order valence-electron chi connectivity index (χ0n) is 9.85. The van der Waals surface area contributed by atoms with Gasteiger partial charge in [-0.1, -0.05) is 12.1 Å². The number of benzene rings is 1. The highest BCUT2D eigenvalue weighted by Gasteiger charge is 2.07. The lowest BCUT2D eigenvalue weighted by Crippen LogP contribution is -2.04. The Balaban J connectivity index is 2.37. The first kappa shape index (κ1) is 12.2. The van der Waals surface area contributed by atoms with Gasteiger partial charge in [-0.15, -0.1) is 0 Å². The maximum atomic E-state index is 13.1. The number of carboxylic acids is 1. The lowest BCUT2D eigenvalue weighted by Gasteiger charge is -2.06. The fourth-order valence-corrected chi connectivity index (χ4v) is 1.76. The van der Waals surface area contributed by atoms with Gasteiger partial charge in [-0.05, 0) is 36.2 Å². The first-order chi connectivity index (χ1) is 8.56. The second-order valence-electron chi connectivity index (χ2n) is 4.07. The normalized spacial score (nSPS) is 10.3. The number of aromatic nitrogens is 1. The molecule has 0 radical (unpaired) electrons. The van der Waals surface area contributed by atoms with Crippen LogP contribution in [0.3, 0.4) is 0 Å². The van der Waals surface area contributed by atoms with Gasteiger partial charge in [0, 0.05) is 11.8 Å². The van der Waals surface area contributed by atoms with Crippen LogP contribution in [-0.2, 0) is 11.2 Å². The van der Waals surface area contributed by atoms with E-state index in [1.54, 1.807) is 25.3 Å². The quantitative estimate of drug-likeness (QED) is 0.904. The van der Waals surface area contributed by atoms with Gasteiger partial charge in [0.05, 0.1) is 12.1 Å². The van der Waals surface area contributed by atoms with Crippen LogP contribution in [0.15, 0.2) is 36.5 Å². The zero-order valence-corrected chi connectivity index (χ0v) is 9.85. The molecule has 2 aromatic rings. The van der Waals surface area contributed by atoms with E-state index in [-0.39, 0.29) is 12.2 Å². The molecular formula is C14H12FNO2. The fourth-order valence-electron chi connectivity index (χ4n) is 1.76. The monoisotopic (exact) mass is 245 g/mol. The minimum Gasteiger partial charge on any atom is -0.481 e. The zero-order chi connectivity index (χ0) is 13.1. The Labute approximate surface area is 104 Å². The number of aliphatic carboxylic acids is 1. The Morgan fingerprint density at radius 1 is 1.33 bits per heavy atom. The van der Waals surface area contributed by atoms with E-state index in [0.29, 0.717) is 5.69 Å². The Kier molecular flexibility index (Phi) is 3.37. The van der Waals surface area contributed by atoms with Crippen LogP contribution in [0.1, 0.15) is 11.3 Å². The molecule has 0 fully saturated rings. The maximum Gasteiger partial charge on any atom is 0.309 e. The van der Waals surface area contributed by atoms with Crippen molar-refractivity contribution in [3.05, 3.63) is 53.6 Å². The van der Waals surface area contributed by atoms with Gasteiger partial charge >= 0.3 is 5.97 Å². The molecule has 0 unspecified atom stereocenters. The predicted molar refractivity (Wildman–Crippen MR) is 65.7 cm³/mol. The van der Waals surface area contributed by atoms with Crippen molar-refractivity contribution in [3.63, 3.8) is 0 Å². The summed E-state index contributed by atoms with van der Waals surface area (Å²) in [6.07, 6.45) is 1.47. The lowest BCUT2D eigenvalue weighted by molar-refractivity contribution is -0.136. The largest absolute Gasteiger partial charge is 0.481 e. The summed E-state index contributed by atoms with van der Waals surface area (Å²) in [5, 5.41) is 8.72. The van der Waals surface area contributed by atoms with Crippen LogP contribution in [0.4, 0.5) is 4.39 Å². The highest BCUT2D eigenvalue weighted by Crippen LogP contribution is 2.21. The van der Waals surface area contributed by atoms with Crippen molar-refractivity contribution >= 4 is 5.97 Å². The topological polar surface area (TPSA) is 50.2 Å². The Morgan fingerprint density at radius 3 is 2.72 bits per heavy atom. The number of halogens is 1. The summed E-state index contributed by atoms with van der Waals surface area (Å²) < 4.78 is 13.1. The molecule has 0 aliphatic carbocycles. The minimum atomic E-state index is -0.913. The predicted octanol–water partition coefficient (Wildman–Crippen LogP) is 2.82. The third-order valence-electron chi connectivity index (χ3n) is 2.66. The van der Waals surface area contributed by atoms with Crippen LogP contribution >= 0.6 is 0 Å². The summed E-state index contributed by atoms with van der Waals surface area (Å²) in [5.74, 6) is -1.22. The SMILES string of the molecule is Cc1cc(-c2cccc(F)c2)cnc1CC(=O)O. The molecule has 0 saturated heterocycles. The molecule has 0 spiro atoms. The molecule has 0 aliphatic heterocycles. The Morgan fingerprint density at radius 2 is 2.11 bits per heavy atom. The maximum absolute atomic E-state index is 13.1. The van der Waals surface area contributed by atoms with Gasteiger partial charge < -0.3 is 5.11 Å². The van der Waals surface area contributed by atoms with Crippen molar-refractivity contribution < 1.29 is 14.3 Å². The number of carboxylic acid groups (broad SMARTS) is 1. The molecule has 0 atom stereocenters. The third-order valence-corrected chi connectivity index (χ3v) is 2.66. The van der Waals surface area contributed by atoms with E-state index >= 15 is 0 Å². The second-order valence-corrected chi connectivity index (χ2v) is 4.07. The minimum absolute atomic E-state index is 0.102. The number of aryl methyl sites for hydroxylation is 1.